The summed E-state index contributed by atoms with van der Waals surface area (Å²) in [5, 5.41) is 2.93. The molecular weight excluding hydrogens is 1140 g/mol. The van der Waals surface area contributed by atoms with E-state index in [0.29, 0.717) is 38.9 Å². The summed E-state index contributed by atoms with van der Waals surface area (Å²) in [6, 6.07) is 90.1. The molecule has 0 saturated carbocycles. The molecule has 16 aromatic rings. The highest BCUT2D eigenvalue weighted by Gasteiger charge is 2.40. The van der Waals surface area contributed by atoms with Crippen LogP contribution in [-0.4, -0.2) is 29.1 Å². The zero-order valence-corrected chi connectivity index (χ0v) is 49.1. The van der Waals surface area contributed by atoms with Crippen LogP contribution in [0, 0.1) is 6.57 Å². The molecule has 434 valence electrons. The van der Waals surface area contributed by atoms with Gasteiger partial charge in [0.2, 0.25) is 0 Å². The highest BCUT2D eigenvalue weighted by Crippen LogP contribution is 2.49. The molecule has 6 aromatic heterocycles. The maximum absolute atomic E-state index is 17.6. The minimum atomic E-state index is -4.96. The molecule has 10 aromatic carbocycles. The van der Waals surface area contributed by atoms with Crippen LogP contribution in [0.15, 0.2) is 304 Å². The number of rotatable bonds is 11. The van der Waals surface area contributed by atoms with Crippen LogP contribution in [0.1, 0.15) is 5.56 Å². The molecule has 0 atom stereocenters. The predicted molar refractivity (Wildman–Crippen MR) is 366 cm³/mol. The second kappa shape index (κ2) is 22.7. The Bertz CT molecular complexity index is 4990. The van der Waals surface area contributed by atoms with Crippen molar-refractivity contribution in [3.8, 4) is 112 Å². The van der Waals surface area contributed by atoms with E-state index in [1.807, 2.05) is 224 Å². The Labute approximate surface area is 527 Å². The number of aromatic nitrogens is 6. The first kappa shape index (κ1) is 55.0. The lowest BCUT2D eigenvalue weighted by Gasteiger charge is -2.23. The van der Waals surface area contributed by atoms with E-state index in [1.54, 1.807) is 64.3 Å². The molecule has 0 N–H and O–H groups in total. The largest absolute Gasteiger partial charge is 0.420 e. The van der Waals surface area contributed by atoms with Gasteiger partial charge in [-0.3, -0.25) is 19.9 Å². The van der Waals surface area contributed by atoms with Crippen LogP contribution in [0.3, 0.4) is 0 Å². The number of fused-ring (bicyclic) bond motifs is 6. The third-order valence-electron chi connectivity index (χ3n) is 17.4. The van der Waals surface area contributed by atoms with Crippen LogP contribution in [0.5, 0.6) is 0 Å². The lowest BCUT2D eigenvalue weighted by molar-refractivity contribution is -0.137. The first-order valence-corrected chi connectivity index (χ1v) is 30.2. The van der Waals surface area contributed by atoms with Crippen molar-refractivity contribution in [3.05, 3.63) is 321 Å². The topological polar surface area (TPSA) is 65.8 Å². The van der Waals surface area contributed by atoms with Crippen LogP contribution >= 0.6 is 0 Å². The second-order valence-corrected chi connectivity index (χ2v) is 22.7. The number of halogens is 3. The first-order chi connectivity index (χ1) is 45.2. The summed E-state index contributed by atoms with van der Waals surface area (Å²) >= 11 is 0. The summed E-state index contributed by atoms with van der Waals surface area (Å²) in [5.41, 5.74) is 16.3. The molecule has 0 aliphatic heterocycles. The Morgan fingerprint density at radius 1 is 0.283 bits per heavy atom. The van der Waals surface area contributed by atoms with E-state index in [-0.39, 0.29) is 11.4 Å². The van der Waals surface area contributed by atoms with E-state index >= 15 is 13.2 Å². The van der Waals surface area contributed by atoms with Crippen molar-refractivity contribution in [2.24, 2.45) is 0 Å². The van der Waals surface area contributed by atoms with Crippen LogP contribution in [0.25, 0.3) is 160 Å². The summed E-state index contributed by atoms with van der Waals surface area (Å²) in [7, 11) is 0. The fraction of sp³-hybridized carbons (Fsp3) is 0.0122. The molecule has 0 aliphatic rings. The Morgan fingerprint density at radius 3 is 0.880 bits per heavy atom. The number of benzene rings is 10. The molecule has 16 rings (SSSR count). The lowest BCUT2D eigenvalue weighted by Crippen LogP contribution is -2.16. The number of alkyl halides is 3. The number of pyridine rings is 4. The van der Waals surface area contributed by atoms with E-state index in [1.165, 1.54) is 0 Å². The Kier molecular flexibility index (Phi) is 13.6. The van der Waals surface area contributed by atoms with E-state index in [0.717, 1.165) is 111 Å². The summed E-state index contributed by atoms with van der Waals surface area (Å²) in [6.45, 7) is 8.11. The van der Waals surface area contributed by atoms with Crippen molar-refractivity contribution >= 4 is 49.3 Å². The van der Waals surface area contributed by atoms with E-state index in [4.69, 9.17) is 26.5 Å². The van der Waals surface area contributed by atoms with Crippen molar-refractivity contribution in [1.29, 1.82) is 0 Å². The monoisotopic (exact) mass is 1190 g/mol. The summed E-state index contributed by atoms with van der Waals surface area (Å²) < 4.78 is 56.4. The van der Waals surface area contributed by atoms with Crippen molar-refractivity contribution in [3.63, 3.8) is 0 Å². The van der Waals surface area contributed by atoms with Gasteiger partial charge in [-0.15, -0.1) is 0 Å². The Balaban J connectivity index is 1.01. The van der Waals surface area contributed by atoms with Gasteiger partial charge < -0.3 is 9.13 Å². The fourth-order valence-corrected chi connectivity index (χ4v) is 13.3. The van der Waals surface area contributed by atoms with Gasteiger partial charge in [0.15, 0.2) is 5.69 Å². The molecule has 7 nitrogen and oxygen atoms in total. The van der Waals surface area contributed by atoms with Gasteiger partial charge in [0.05, 0.1) is 62.8 Å². The molecule has 0 unspecified atom stereocenters. The van der Waals surface area contributed by atoms with Gasteiger partial charge in [-0.25, -0.2) is 4.85 Å². The lowest BCUT2D eigenvalue weighted by atomic mass is 9.96. The highest BCUT2D eigenvalue weighted by molar-refractivity contribution is 6.14. The van der Waals surface area contributed by atoms with Gasteiger partial charge >= 0.3 is 6.18 Å². The molecule has 0 bridgehead atoms. The molecular formula is C82H50F3N7. The molecule has 0 saturated heterocycles. The van der Waals surface area contributed by atoms with Crippen LogP contribution in [-0.2, 0) is 6.18 Å². The van der Waals surface area contributed by atoms with Crippen molar-refractivity contribution in [2.45, 2.75) is 6.18 Å². The normalized spacial score (nSPS) is 11.6. The highest BCUT2D eigenvalue weighted by atomic mass is 19.4. The molecule has 0 amide bonds. The van der Waals surface area contributed by atoms with Crippen molar-refractivity contribution in [1.82, 2.24) is 29.1 Å². The standard InChI is InChI=1S/C82H50F3N7/c1-86-62-28-14-27-56(45-62)61-50-75(91-71-37-33-57(63-29-15-41-87-78(63)52-19-6-2-7-20-52)46-67(71)68-47-58(34-38-72(68)91)64-30-16-42-88-79(64)53-21-8-3-9-22-53)77(82(83,84)85)76(51-61)92-73-39-35-59(65-31-17-43-89-80(65)54-23-10-4-11-24-54)48-69(73)70-49-60(36-40-74(70)92)66-32-18-44-90-81(66)55-25-12-5-13-26-55/h2-51H. The third-order valence-corrected chi connectivity index (χ3v) is 17.4. The molecule has 10 heteroatoms. The van der Waals surface area contributed by atoms with Crippen LogP contribution in [0.4, 0.5) is 18.9 Å². The van der Waals surface area contributed by atoms with Gasteiger partial charge in [0.25, 0.3) is 0 Å². The molecule has 6 heterocycles. The second-order valence-electron chi connectivity index (χ2n) is 22.7. The van der Waals surface area contributed by atoms with Gasteiger partial charge in [-0.05, 0) is 124 Å². The number of nitrogens with zero attached hydrogens (tertiary/aromatic N) is 7. The number of hydrogen-bond acceptors (Lipinski definition) is 4. The fourth-order valence-electron chi connectivity index (χ4n) is 13.3. The summed E-state index contributed by atoms with van der Waals surface area (Å²) in [4.78, 5) is 23.4. The molecule has 0 aliphatic carbocycles. The molecule has 92 heavy (non-hydrogen) atoms. The summed E-state index contributed by atoms with van der Waals surface area (Å²) in [6.07, 6.45) is 2.14. The quantitative estimate of drug-likeness (QED) is 0.121. The van der Waals surface area contributed by atoms with Crippen LogP contribution in [0.2, 0.25) is 0 Å². The van der Waals surface area contributed by atoms with E-state index in [2.05, 4.69) is 29.1 Å². The smallest absolute Gasteiger partial charge is 0.309 e. The van der Waals surface area contributed by atoms with Crippen LogP contribution < -0.4 is 0 Å². The average Bonchev–Trinajstić information content (AvgIpc) is 1.53. The zero-order chi connectivity index (χ0) is 61.9. The minimum Gasteiger partial charge on any atom is -0.309 e. The van der Waals surface area contributed by atoms with Gasteiger partial charge in [0, 0.05) is 90.8 Å². The zero-order valence-electron chi connectivity index (χ0n) is 49.1. The van der Waals surface area contributed by atoms with E-state index < -0.39 is 11.7 Å². The van der Waals surface area contributed by atoms with E-state index in [9.17, 15) is 0 Å². The maximum atomic E-state index is 17.6. The average molecular weight is 1190 g/mol. The number of hydrogen-bond donors (Lipinski definition) is 0. The Hall–Kier alpha value is -12.3. The third kappa shape index (κ3) is 9.64. The molecule has 0 radical (unpaired) electrons. The Morgan fingerprint density at radius 2 is 0.587 bits per heavy atom. The first-order valence-electron chi connectivity index (χ1n) is 30.2. The molecule has 0 fully saturated rings. The van der Waals surface area contributed by atoms with Gasteiger partial charge in [-0.1, -0.05) is 188 Å². The van der Waals surface area contributed by atoms with Gasteiger partial charge in [0.1, 0.15) is 5.56 Å². The summed E-state index contributed by atoms with van der Waals surface area (Å²) in [5.74, 6) is 0. The van der Waals surface area contributed by atoms with Gasteiger partial charge in [-0.2, -0.15) is 13.2 Å². The van der Waals surface area contributed by atoms with Crippen molar-refractivity contribution in [2.75, 3.05) is 0 Å². The predicted octanol–water partition coefficient (Wildman–Crippen LogP) is 22.0. The van der Waals surface area contributed by atoms with Crippen molar-refractivity contribution < 1.29 is 13.2 Å². The minimum absolute atomic E-state index is 0.0922. The SMILES string of the molecule is [C-]#[N+]c1cccc(-c2cc(-n3c4ccc(-c5cccnc5-c5ccccc5)cc4c4cc(-c5cccnc5-c5ccccc5)ccc43)c(C(F)(F)F)c(-n3c4ccc(-c5cccnc5-c5ccccc5)cc4c4cc(-c5cccnc5-c5ccccc5)ccc43)c2)c1. The maximum Gasteiger partial charge on any atom is 0.420 e. The molecule has 0 spiro atoms.